The van der Waals surface area contributed by atoms with Crippen LogP contribution in [0.5, 0.6) is 5.75 Å². The lowest BCUT2D eigenvalue weighted by Crippen LogP contribution is -1.94. The van der Waals surface area contributed by atoms with E-state index < -0.39 is 0 Å². The van der Waals surface area contributed by atoms with Crippen molar-refractivity contribution in [2.45, 2.75) is 6.92 Å². The highest BCUT2D eigenvalue weighted by molar-refractivity contribution is 9.10. The normalized spacial score (nSPS) is 11.0. The Kier molecular flexibility index (Phi) is 5.44. The van der Waals surface area contributed by atoms with Gasteiger partial charge in [0.05, 0.1) is 18.2 Å². The molecule has 0 aliphatic rings. The first-order valence-corrected chi connectivity index (χ1v) is 7.61. The molecule has 2 aromatic rings. The van der Waals surface area contributed by atoms with E-state index in [2.05, 4.69) is 22.0 Å². The van der Waals surface area contributed by atoms with Crippen molar-refractivity contribution in [3.63, 3.8) is 0 Å². The number of rotatable bonds is 4. The summed E-state index contributed by atoms with van der Waals surface area (Å²) in [5.41, 5.74) is 2.21. The van der Waals surface area contributed by atoms with Gasteiger partial charge in [-0.15, -0.1) is 0 Å². The minimum atomic E-state index is 0.558. The number of halogens is 2. The molecular formula is C17H13BrClNO. The Morgan fingerprint density at radius 3 is 2.62 bits per heavy atom. The molecule has 0 bridgehead atoms. The zero-order chi connectivity index (χ0) is 15.2. The molecular weight excluding hydrogens is 350 g/mol. The molecule has 0 N–H and O–H groups in total. The van der Waals surface area contributed by atoms with Crippen molar-refractivity contribution in [3.05, 3.63) is 63.1 Å². The molecule has 0 unspecified atom stereocenters. The maximum Gasteiger partial charge on any atom is 0.126 e. The monoisotopic (exact) mass is 361 g/mol. The van der Waals surface area contributed by atoms with E-state index in [0.29, 0.717) is 23.0 Å². The van der Waals surface area contributed by atoms with Gasteiger partial charge < -0.3 is 4.74 Å². The van der Waals surface area contributed by atoms with Gasteiger partial charge in [-0.2, -0.15) is 5.26 Å². The smallest absolute Gasteiger partial charge is 0.126 e. The summed E-state index contributed by atoms with van der Waals surface area (Å²) in [7, 11) is 0. The van der Waals surface area contributed by atoms with Crippen molar-refractivity contribution in [1.29, 1.82) is 5.26 Å². The number of hydrogen-bond donors (Lipinski definition) is 0. The first kappa shape index (κ1) is 15.6. The minimum absolute atomic E-state index is 0.558. The largest absolute Gasteiger partial charge is 0.493 e. The molecule has 0 spiro atoms. The first-order chi connectivity index (χ1) is 10.1. The van der Waals surface area contributed by atoms with E-state index in [1.54, 1.807) is 18.2 Å². The number of allylic oxidation sites excluding steroid dienone is 1. The molecule has 0 radical (unpaired) electrons. The van der Waals surface area contributed by atoms with Gasteiger partial charge in [0.15, 0.2) is 0 Å². The molecule has 4 heteroatoms. The maximum atomic E-state index is 9.40. The van der Waals surface area contributed by atoms with Crippen LogP contribution in [0.25, 0.3) is 11.6 Å². The molecule has 0 aliphatic carbocycles. The second-order valence-electron chi connectivity index (χ2n) is 4.29. The van der Waals surface area contributed by atoms with Crippen molar-refractivity contribution in [3.8, 4) is 11.8 Å². The van der Waals surface area contributed by atoms with E-state index in [0.717, 1.165) is 15.6 Å². The lowest BCUT2D eigenvalue weighted by atomic mass is 10.0. The van der Waals surface area contributed by atoms with Gasteiger partial charge in [-0.05, 0) is 48.9 Å². The third-order valence-corrected chi connectivity index (χ3v) is 3.61. The van der Waals surface area contributed by atoms with Crippen LogP contribution in [-0.4, -0.2) is 6.61 Å². The third kappa shape index (κ3) is 4.10. The number of nitrogens with zero attached hydrogens (tertiary/aromatic N) is 1. The van der Waals surface area contributed by atoms with Gasteiger partial charge in [-0.3, -0.25) is 0 Å². The van der Waals surface area contributed by atoms with Crippen molar-refractivity contribution in [2.75, 3.05) is 6.61 Å². The van der Waals surface area contributed by atoms with Crippen LogP contribution in [0.1, 0.15) is 18.1 Å². The quantitative estimate of drug-likeness (QED) is 0.526. The number of ether oxygens (including phenoxy) is 1. The Balaban J connectivity index is 2.47. The number of hydrogen-bond acceptors (Lipinski definition) is 2. The van der Waals surface area contributed by atoms with Crippen molar-refractivity contribution >= 4 is 39.2 Å². The van der Waals surface area contributed by atoms with Crippen LogP contribution in [-0.2, 0) is 0 Å². The molecule has 2 nitrogen and oxygen atoms in total. The fourth-order valence-corrected chi connectivity index (χ4v) is 2.33. The molecule has 0 fully saturated rings. The highest BCUT2D eigenvalue weighted by Gasteiger charge is 2.06. The van der Waals surface area contributed by atoms with Crippen LogP contribution in [0.3, 0.4) is 0 Å². The highest BCUT2D eigenvalue weighted by atomic mass is 79.9. The van der Waals surface area contributed by atoms with Crippen LogP contribution in [0, 0.1) is 11.3 Å². The summed E-state index contributed by atoms with van der Waals surface area (Å²) < 4.78 is 6.55. The highest BCUT2D eigenvalue weighted by Crippen LogP contribution is 2.28. The first-order valence-electron chi connectivity index (χ1n) is 6.44. The second kappa shape index (κ2) is 7.31. The lowest BCUT2D eigenvalue weighted by Gasteiger charge is -2.08. The van der Waals surface area contributed by atoms with Gasteiger partial charge in [0.1, 0.15) is 5.75 Å². The van der Waals surface area contributed by atoms with Gasteiger partial charge in [-0.1, -0.05) is 39.7 Å². The maximum absolute atomic E-state index is 9.40. The molecule has 2 aromatic carbocycles. The Hall–Kier alpha value is -1.76. The van der Waals surface area contributed by atoms with Crippen LogP contribution in [0.4, 0.5) is 0 Å². The average molecular weight is 363 g/mol. The summed E-state index contributed by atoms with van der Waals surface area (Å²) >= 11 is 9.42. The molecule has 0 aromatic heterocycles. The van der Waals surface area contributed by atoms with E-state index in [9.17, 15) is 5.26 Å². The van der Waals surface area contributed by atoms with Gasteiger partial charge >= 0.3 is 0 Å². The molecule has 0 amide bonds. The van der Waals surface area contributed by atoms with Gasteiger partial charge in [0, 0.05) is 15.1 Å². The summed E-state index contributed by atoms with van der Waals surface area (Å²) in [6.07, 6.45) is 1.79. The molecule has 2 rings (SSSR count). The lowest BCUT2D eigenvalue weighted by molar-refractivity contribution is 0.339. The molecule has 0 heterocycles. The summed E-state index contributed by atoms with van der Waals surface area (Å²) in [6, 6.07) is 15.2. The van der Waals surface area contributed by atoms with Crippen LogP contribution < -0.4 is 4.74 Å². The van der Waals surface area contributed by atoms with Crippen LogP contribution in [0.15, 0.2) is 46.9 Å². The standard InChI is InChI=1S/C17H13BrClNO/c1-2-21-17-8-7-16(19)10-13(17)9-14(11-20)12-3-5-15(18)6-4-12/h3-10H,2H2,1H3/b14-9-. The number of benzene rings is 2. The van der Waals surface area contributed by atoms with E-state index in [1.807, 2.05) is 37.3 Å². The van der Waals surface area contributed by atoms with Crippen molar-refractivity contribution < 1.29 is 4.74 Å². The molecule has 0 saturated carbocycles. The fourth-order valence-electron chi connectivity index (χ4n) is 1.88. The van der Waals surface area contributed by atoms with Gasteiger partial charge in [0.2, 0.25) is 0 Å². The molecule has 21 heavy (non-hydrogen) atoms. The van der Waals surface area contributed by atoms with Crippen LogP contribution >= 0.6 is 27.5 Å². The van der Waals surface area contributed by atoms with E-state index in [4.69, 9.17) is 16.3 Å². The fraction of sp³-hybridized carbons (Fsp3) is 0.118. The van der Waals surface area contributed by atoms with Crippen LogP contribution in [0.2, 0.25) is 5.02 Å². The third-order valence-electron chi connectivity index (χ3n) is 2.85. The van der Waals surface area contributed by atoms with Gasteiger partial charge in [-0.25, -0.2) is 0 Å². The Labute approximate surface area is 137 Å². The van der Waals surface area contributed by atoms with Gasteiger partial charge in [0.25, 0.3) is 0 Å². The predicted octanol–water partition coefficient (Wildman–Crippen LogP) is 5.57. The van der Waals surface area contributed by atoms with Crippen molar-refractivity contribution in [2.24, 2.45) is 0 Å². The second-order valence-corrected chi connectivity index (χ2v) is 5.64. The number of nitriles is 1. The average Bonchev–Trinajstić information content (AvgIpc) is 2.48. The zero-order valence-electron chi connectivity index (χ0n) is 11.4. The summed E-state index contributed by atoms with van der Waals surface area (Å²) in [5, 5.41) is 10.0. The van der Waals surface area contributed by atoms with Crippen molar-refractivity contribution in [1.82, 2.24) is 0 Å². The Bertz CT molecular complexity index is 702. The zero-order valence-corrected chi connectivity index (χ0v) is 13.8. The molecule has 0 saturated heterocycles. The molecule has 0 aliphatic heterocycles. The summed E-state index contributed by atoms with van der Waals surface area (Å²) in [4.78, 5) is 0. The SMILES string of the molecule is CCOc1ccc(Cl)cc1/C=C(/C#N)c1ccc(Br)cc1. The minimum Gasteiger partial charge on any atom is -0.493 e. The van der Waals surface area contributed by atoms with E-state index in [1.165, 1.54) is 0 Å². The molecule has 106 valence electrons. The predicted molar refractivity (Wildman–Crippen MR) is 90.2 cm³/mol. The van der Waals surface area contributed by atoms with E-state index in [-0.39, 0.29) is 0 Å². The molecule has 0 atom stereocenters. The summed E-state index contributed by atoms with van der Waals surface area (Å²) in [5.74, 6) is 0.715. The van der Waals surface area contributed by atoms with E-state index >= 15 is 0 Å². The topological polar surface area (TPSA) is 33.0 Å². The Morgan fingerprint density at radius 1 is 1.29 bits per heavy atom. The Morgan fingerprint density at radius 2 is 2.00 bits per heavy atom. The summed E-state index contributed by atoms with van der Waals surface area (Å²) in [6.45, 7) is 2.48.